The second kappa shape index (κ2) is 8.59. The molecule has 3 amide bonds. The second-order valence-corrected chi connectivity index (χ2v) is 6.28. The Bertz CT molecular complexity index is 345. The largest absolute Gasteiger partial charge is 0.355 e. The Morgan fingerprint density at radius 1 is 1.40 bits per heavy atom. The summed E-state index contributed by atoms with van der Waals surface area (Å²) in [6.45, 7) is 1.04. The van der Waals surface area contributed by atoms with Crippen molar-refractivity contribution in [2.24, 2.45) is 5.73 Å². The molecule has 2 rings (SSSR count). The molecule has 5 N–H and O–H groups in total. The highest BCUT2D eigenvalue weighted by molar-refractivity contribution is 8.00. The fourth-order valence-corrected chi connectivity index (χ4v) is 4.12. The molecule has 3 atom stereocenters. The van der Waals surface area contributed by atoms with Crippen molar-refractivity contribution in [2.45, 2.75) is 43.0 Å². The highest BCUT2D eigenvalue weighted by atomic mass is 35.5. The van der Waals surface area contributed by atoms with E-state index in [4.69, 9.17) is 5.73 Å². The lowest BCUT2D eigenvalue weighted by molar-refractivity contribution is -0.121. The molecule has 0 saturated carbocycles. The summed E-state index contributed by atoms with van der Waals surface area (Å²) in [5, 5.41) is 9.16. The first-order valence-corrected chi connectivity index (χ1v) is 7.91. The predicted molar refractivity (Wildman–Crippen MR) is 83.3 cm³/mol. The number of halogens is 1. The van der Waals surface area contributed by atoms with Crippen molar-refractivity contribution in [1.29, 1.82) is 0 Å². The molecular formula is C12H23ClN4O2S. The van der Waals surface area contributed by atoms with E-state index in [0.717, 1.165) is 25.0 Å². The van der Waals surface area contributed by atoms with E-state index in [2.05, 4.69) is 16.0 Å². The maximum absolute atomic E-state index is 11.4. The number of rotatable bonds is 7. The minimum Gasteiger partial charge on any atom is -0.355 e. The molecule has 6 nitrogen and oxygen atoms in total. The number of nitrogens with two attached hydrogens (primary N) is 1. The molecule has 8 heteroatoms. The first-order chi connectivity index (χ1) is 9.20. The summed E-state index contributed by atoms with van der Waals surface area (Å²) < 4.78 is 0. The van der Waals surface area contributed by atoms with E-state index in [1.807, 2.05) is 11.8 Å². The Labute approximate surface area is 129 Å². The molecule has 0 aliphatic carbocycles. The molecule has 2 fully saturated rings. The van der Waals surface area contributed by atoms with Gasteiger partial charge in [-0.25, -0.2) is 4.79 Å². The third-order valence-corrected chi connectivity index (χ3v) is 5.06. The van der Waals surface area contributed by atoms with Gasteiger partial charge in [-0.1, -0.05) is 6.42 Å². The molecule has 2 aliphatic heterocycles. The fourth-order valence-electron chi connectivity index (χ4n) is 2.57. The van der Waals surface area contributed by atoms with Crippen LogP contribution in [0.5, 0.6) is 0 Å². The Hall–Kier alpha value is -0.660. The number of amides is 3. The average molecular weight is 323 g/mol. The Balaban J connectivity index is 0.00000200. The van der Waals surface area contributed by atoms with E-state index < -0.39 is 0 Å². The van der Waals surface area contributed by atoms with Gasteiger partial charge in [0.2, 0.25) is 5.91 Å². The maximum atomic E-state index is 11.4. The Morgan fingerprint density at radius 2 is 2.20 bits per heavy atom. The molecule has 0 radical (unpaired) electrons. The Morgan fingerprint density at radius 3 is 2.95 bits per heavy atom. The molecule has 0 spiro atoms. The van der Waals surface area contributed by atoms with Gasteiger partial charge in [0.05, 0.1) is 12.1 Å². The first-order valence-electron chi connectivity index (χ1n) is 6.86. The van der Waals surface area contributed by atoms with Gasteiger partial charge in [0, 0.05) is 30.5 Å². The summed E-state index contributed by atoms with van der Waals surface area (Å²) in [5.41, 5.74) is 5.32. The third kappa shape index (κ3) is 4.71. The molecule has 0 aromatic carbocycles. The van der Waals surface area contributed by atoms with Crippen LogP contribution in [-0.2, 0) is 4.79 Å². The number of hydrogen-bond donors (Lipinski definition) is 4. The van der Waals surface area contributed by atoms with Gasteiger partial charge in [0.1, 0.15) is 0 Å². The van der Waals surface area contributed by atoms with Crippen molar-refractivity contribution < 1.29 is 9.59 Å². The zero-order chi connectivity index (χ0) is 13.7. The van der Waals surface area contributed by atoms with Crippen LogP contribution in [0.4, 0.5) is 4.79 Å². The van der Waals surface area contributed by atoms with Gasteiger partial charge in [-0.05, 0) is 12.8 Å². The van der Waals surface area contributed by atoms with Gasteiger partial charge < -0.3 is 21.7 Å². The zero-order valence-corrected chi connectivity index (χ0v) is 13.0. The summed E-state index contributed by atoms with van der Waals surface area (Å²) in [4.78, 5) is 22.6. The van der Waals surface area contributed by atoms with E-state index in [0.29, 0.717) is 24.8 Å². The third-order valence-electron chi connectivity index (χ3n) is 3.55. The summed E-state index contributed by atoms with van der Waals surface area (Å²) in [5.74, 6) is 1.07. The Kier molecular flexibility index (Phi) is 7.47. The minimum atomic E-state index is -0.0403. The lowest BCUT2D eigenvalue weighted by Gasteiger charge is -2.16. The molecule has 2 aliphatic rings. The summed E-state index contributed by atoms with van der Waals surface area (Å²) in [7, 11) is 0. The van der Waals surface area contributed by atoms with Crippen LogP contribution in [0.2, 0.25) is 0 Å². The van der Waals surface area contributed by atoms with Crippen LogP contribution in [0, 0.1) is 0 Å². The lowest BCUT2D eigenvalue weighted by Crippen LogP contribution is -2.36. The molecular weight excluding hydrogens is 300 g/mol. The standard InChI is InChI=1S/C12H22N4O2S.ClH/c13-5-6-14-10(17)4-2-1-3-9-11-8(7-19-9)15-12(18)16-11;/h8-9,11H,1-7,13H2,(H,14,17)(H2,15,16,18);1H/t8-,9-,11-;/m0./s1. The van der Waals surface area contributed by atoms with Crippen molar-refractivity contribution >= 4 is 36.1 Å². The topological polar surface area (TPSA) is 96.2 Å². The molecule has 2 saturated heterocycles. The van der Waals surface area contributed by atoms with Crippen molar-refractivity contribution in [2.75, 3.05) is 18.8 Å². The van der Waals surface area contributed by atoms with E-state index >= 15 is 0 Å². The van der Waals surface area contributed by atoms with E-state index in [-0.39, 0.29) is 36.4 Å². The SMILES string of the molecule is Cl.NCCNC(=O)CCCC[C@@H]1SC[C@@H]2NC(=O)N[C@@H]21. The molecule has 0 aromatic heterocycles. The average Bonchev–Trinajstić information content (AvgIpc) is 2.92. The number of fused-ring (bicyclic) bond motifs is 1. The summed E-state index contributed by atoms with van der Waals surface area (Å²) >= 11 is 1.91. The molecule has 116 valence electrons. The monoisotopic (exact) mass is 322 g/mol. The maximum Gasteiger partial charge on any atom is 0.315 e. The number of urea groups is 1. The summed E-state index contributed by atoms with van der Waals surface area (Å²) in [6, 6.07) is 0.514. The molecule has 0 unspecified atom stereocenters. The van der Waals surface area contributed by atoms with Crippen molar-refractivity contribution in [3.05, 3.63) is 0 Å². The zero-order valence-electron chi connectivity index (χ0n) is 11.4. The predicted octanol–water partition coefficient (Wildman–Crippen LogP) is 0.209. The quantitative estimate of drug-likeness (QED) is 0.398. The number of nitrogens with one attached hydrogen (secondary N) is 3. The van der Waals surface area contributed by atoms with Gasteiger partial charge in [-0.15, -0.1) is 12.4 Å². The van der Waals surface area contributed by atoms with Crippen LogP contribution in [0.25, 0.3) is 0 Å². The normalized spacial score (nSPS) is 27.2. The fraction of sp³-hybridized carbons (Fsp3) is 0.833. The van der Waals surface area contributed by atoms with Gasteiger partial charge in [0.15, 0.2) is 0 Å². The first kappa shape index (κ1) is 17.4. The number of carbonyl (C=O) groups excluding carboxylic acids is 2. The highest BCUT2D eigenvalue weighted by Gasteiger charge is 2.42. The van der Waals surface area contributed by atoms with Gasteiger partial charge >= 0.3 is 6.03 Å². The van der Waals surface area contributed by atoms with Crippen molar-refractivity contribution in [3.63, 3.8) is 0 Å². The van der Waals surface area contributed by atoms with Crippen LogP contribution in [0.3, 0.4) is 0 Å². The number of carbonyl (C=O) groups is 2. The van der Waals surface area contributed by atoms with Crippen LogP contribution in [0.15, 0.2) is 0 Å². The van der Waals surface area contributed by atoms with Crippen LogP contribution >= 0.6 is 24.2 Å². The van der Waals surface area contributed by atoms with Crippen molar-refractivity contribution in [1.82, 2.24) is 16.0 Å². The van der Waals surface area contributed by atoms with Gasteiger partial charge in [-0.3, -0.25) is 4.79 Å². The number of thioether (sulfide) groups is 1. The molecule has 2 heterocycles. The molecule has 0 bridgehead atoms. The molecule has 20 heavy (non-hydrogen) atoms. The number of unbranched alkanes of at least 4 members (excludes halogenated alkanes) is 1. The van der Waals surface area contributed by atoms with Crippen LogP contribution in [0.1, 0.15) is 25.7 Å². The summed E-state index contributed by atoms with van der Waals surface area (Å²) in [6.07, 6.45) is 3.53. The van der Waals surface area contributed by atoms with Gasteiger partial charge in [0.25, 0.3) is 0 Å². The minimum absolute atomic E-state index is 0. The number of hydrogen-bond acceptors (Lipinski definition) is 4. The van der Waals surface area contributed by atoms with Crippen molar-refractivity contribution in [3.8, 4) is 0 Å². The van der Waals surface area contributed by atoms with E-state index in [1.165, 1.54) is 0 Å². The van der Waals surface area contributed by atoms with E-state index in [9.17, 15) is 9.59 Å². The smallest absolute Gasteiger partial charge is 0.315 e. The van der Waals surface area contributed by atoms with Crippen LogP contribution in [-0.4, -0.2) is 48.1 Å². The second-order valence-electron chi connectivity index (χ2n) is 5.01. The molecule has 0 aromatic rings. The van der Waals surface area contributed by atoms with E-state index in [1.54, 1.807) is 0 Å². The van der Waals surface area contributed by atoms with Crippen LogP contribution < -0.4 is 21.7 Å². The lowest BCUT2D eigenvalue weighted by atomic mass is 10.0. The van der Waals surface area contributed by atoms with Gasteiger partial charge in [-0.2, -0.15) is 11.8 Å². The highest BCUT2D eigenvalue weighted by Crippen LogP contribution is 2.33.